The lowest BCUT2D eigenvalue weighted by Crippen LogP contribution is -2.43. The van der Waals surface area contributed by atoms with Crippen LogP contribution in [0, 0.1) is 22.0 Å². The quantitative estimate of drug-likeness (QED) is 0.380. The Morgan fingerprint density at radius 1 is 1.25 bits per heavy atom. The number of ether oxygens (including phenoxy) is 1. The molecule has 2 fully saturated rings. The Bertz CT molecular complexity index is 821. The van der Waals surface area contributed by atoms with Crippen molar-refractivity contribution in [3.63, 3.8) is 0 Å². The SMILES string of the molecule is C[C@@]12C=C[C@](CO)(O1)[C@@H]1C(=O)N(c3ccccc3[N+](=O)[O-])C(=O)[C@@H]12. The van der Waals surface area contributed by atoms with Crippen molar-refractivity contribution in [2.75, 3.05) is 11.5 Å². The Labute approximate surface area is 136 Å². The first-order chi connectivity index (χ1) is 11.3. The molecule has 124 valence electrons. The summed E-state index contributed by atoms with van der Waals surface area (Å²) in [6.07, 6.45) is 3.29. The van der Waals surface area contributed by atoms with E-state index in [-0.39, 0.29) is 11.4 Å². The first-order valence-electron chi connectivity index (χ1n) is 7.47. The topological polar surface area (TPSA) is 110 Å². The number of benzene rings is 1. The van der Waals surface area contributed by atoms with Gasteiger partial charge in [-0.15, -0.1) is 0 Å². The van der Waals surface area contributed by atoms with Crippen LogP contribution in [-0.4, -0.2) is 39.7 Å². The van der Waals surface area contributed by atoms with E-state index in [0.717, 1.165) is 4.90 Å². The van der Waals surface area contributed by atoms with E-state index in [1.807, 2.05) is 0 Å². The summed E-state index contributed by atoms with van der Waals surface area (Å²) in [5.74, 6) is -2.81. The van der Waals surface area contributed by atoms with E-state index in [2.05, 4.69) is 0 Å². The molecule has 24 heavy (non-hydrogen) atoms. The van der Waals surface area contributed by atoms with Crippen molar-refractivity contribution in [3.8, 4) is 0 Å². The van der Waals surface area contributed by atoms with Gasteiger partial charge in [-0.1, -0.05) is 24.3 Å². The standard InChI is InChI=1S/C16H14N2O6/c1-15-6-7-16(8-19,24-15)12-11(15)13(20)17(14(12)21)9-4-2-3-5-10(9)18(22)23/h2-7,11-12,19H,8H2,1H3/t11-,12+,15+,16-/m1/s1. The number of aliphatic hydroxyl groups is 1. The molecule has 4 rings (SSSR count). The van der Waals surface area contributed by atoms with Crippen molar-refractivity contribution in [2.24, 2.45) is 11.8 Å². The van der Waals surface area contributed by atoms with E-state index < -0.39 is 46.4 Å². The van der Waals surface area contributed by atoms with Crippen LogP contribution in [0.5, 0.6) is 0 Å². The molecule has 2 saturated heterocycles. The number of carbonyl (C=O) groups excluding carboxylic acids is 2. The number of para-hydroxylation sites is 2. The van der Waals surface area contributed by atoms with E-state index in [0.29, 0.717) is 0 Å². The normalized spacial score (nSPS) is 36.5. The summed E-state index contributed by atoms with van der Waals surface area (Å²) in [5.41, 5.74) is -2.62. The van der Waals surface area contributed by atoms with Crippen LogP contribution >= 0.6 is 0 Å². The lowest BCUT2D eigenvalue weighted by atomic mass is 9.73. The minimum atomic E-state index is -1.25. The van der Waals surface area contributed by atoms with Crippen LogP contribution in [0.15, 0.2) is 36.4 Å². The van der Waals surface area contributed by atoms with Crippen LogP contribution in [0.25, 0.3) is 0 Å². The molecule has 0 unspecified atom stereocenters. The number of nitrogens with zero attached hydrogens (tertiary/aromatic N) is 2. The molecular weight excluding hydrogens is 316 g/mol. The van der Waals surface area contributed by atoms with Gasteiger partial charge in [0.25, 0.3) is 5.69 Å². The molecule has 0 spiro atoms. The maximum absolute atomic E-state index is 12.9. The van der Waals surface area contributed by atoms with Gasteiger partial charge in [0, 0.05) is 6.07 Å². The molecule has 1 aromatic rings. The van der Waals surface area contributed by atoms with Gasteiger partial charge in [-0.25, -0.2) is 4.90 Å². The predicted octanol–water partition coefficient (Wildman–Crippen LogP) is 0.790. The molecule has 1 aromatic carbocycles. The number of hydrogen-bond donors (Lipinski definition) is 1. The van der Waals surface area contributed by atoms with Gasteiger partial charge in [-0.3, -0.25) is 19.7 Å². The third kappa shape index (κ3) is 1.59. The molecule has 0 aliphatic carbocycles. The summed E-state index contributed by atoms with van der Waals surface area (Å²) in [5, 5.41) is 21.0. The van der Waals surface area contributed by atoms with Gasteiger partial charge in [-0.2, -0.15) is 0 Å². The molecule has 0 saturated carbocycles. The Morgan fingerprint density at radius 2 is 1.92 bits per heavy atom. The monoisotopic (exact) mass is 330 g/mol. The predicted molar refractivity (Wildman–Crippen MR) is 81.0 cm³/mol. The molecule has 8 heteroatoms. The second-order valence-corrected chi connectivity index (χ2v) is 6.45. The molecule has 0 radical (unpaired) electrons. The summed E-state index contributed by atoms with van der Waals surface area (Å²) in [6, 6.07) is 5.62. The van der Waals surface area contributed by atoms with Crippen LogP contribution in [0.3, 0.4) is 0 Å². The number of aliphatic hydroxyl groups excluding tert-OH is 1. The lowest BCUT2D eigenvalue weighted by molar-refractivity contribution is -0.384. The van der Waals surface area contributed by atoms with Crippen LogP contribution < -0.4 is 4.90 Å². The first-order valence-corrected chi connectivity index (χ1v) is 7.47. The third-order valence-corrected chi connectivity index (χ3v) is 5.12. The van der Waals surface area contributed by atoms with E-state index in [9.17, 15) is 24.8 Å². The molecule has 0 aromatic heterocycles. The van der Waals surface area contributed by atoms with Crippen LogP contribution in [0.1, 0.15) is 6.92 Å². The second-order valence-electron chi connectivity index (χ2n) is 6.45. The highest BCUT2D eigenvalue weighted by Gasteiger charge is 2.72. The number of rotatable bonds is 3. The Kier molecular flexibility index (Phi) is 2.80. The van der Waals surface area contributed by atoms with Crippen molar-refractivity contribution in [1.29, 1.82) is 0 Å². The summed E-state index contributed by atoms with van der Waals surface area (Å²) in [6.45, 7) is 1.24. The zero-order valence-electron chi connectivity index (χ0n) is 12.7. The molecule has 3 aliphatic rings. The van der Waals surface area contributed by atoms with Gasteiger partial charge in [0.1, 0.15) is 11.3 Å². The van der Waals surface area contributed by atoms with Crippen molar-refractivity contribution < 1.29 is 24.4 Å². The minimum Gasteiger partial charge on any atom is -0.393 e. The Morgan fingerprint density at radius 3 is 2.58 bits per heavy atom. The zero-order valence-corrected chi connectivity index (χ0v) is 12.7. The number of fused-ring (bicyclic) bond motifs is 5. The maximum atomic E-state index is 12.9. The second kappa shape index (κ2) is 4.49. The summed E-state index contributed by atoms with van der Waals surface area (Å²) < 4.78 is 5.80. The maximum Gasteiger partial charge on any atom is 0.293 e. The van der Waals surface area contributed by atoms with Gasteiger partial charge in [0.2, 0.25) is 11.8 Å². The highest BCUT2D eigenvalue weighted by molar-refractivity contribution is 6.24. The number of anilines is 1. The number of amides is 2. The van der Waals surface area contributed by atoms with E-state index >= 15 is 0 Å². The fourth-order valence-corrected chi connectivity index (χ4v) is 4.09. The molecule has 4 atom stereocenters. The fourth-order valence-electron chi connectivity index (χ4n) is 4.09. The highest BCUT2D eigenvalue weighted by Crippen LogP contribution is 2.57. The molecule has 2 bridgehead atoms. The molecule has 3 aliphatic heterocycles. The van der Waals surface area contributed by atoms with E-state index in [1.54, 1.807) is 19.1 Å². The molecule has 3 heterocycles. The van der Waals surface area contributed by atoms with Gasteiger partial charge < -0.3 is 9.84 Å². The molecular formula is C16H14N2O6. The lowest BCUT2D eigenvalue weighted by Gasteiger charge is -2.26. The number of nitro groups is 1. The van der Waals surface area contributed by atoms with Crippen LogP contribution in [0.2, 0.25) is 0 Å². The van der Waals surface area contributed by atoms with Gasteiger partial charge in [-0.05, 0) is 13.0 Å². The average molecular weight is 330 g/mol. The first kappa shape index (κ1) is 15.0. The zero-order chi connectivity index (χ0) is 17.3. The van der Waals surface area contributed by atoms with Crippen molar-refractivity contribution in [3.05, 3.63) is 46.5 Å². The third-order valence-electron chi connectivity index (χ3n) is 5.12. The summed E-state index contributed by atoms with van der Waals surface area (Å²) in [4.78, 5) is 37.3. The van der Waals surface area contributed by atoms with Gasteiger partial charge >= 0.3 is 0 Å². The summed E-state index contributed by atoms with van der Waals surface area (Å²) in [7, 11) is 0. The Hall–Kier alpha value is -2.58. The van der Waals surface area contributed by atoms with Gasteiger partial charge in [0.05, 0.1) is 29.0 Å². The van der Waals surface area contributed by atoms with Gasteiger partial charge in [0.15, 0.2) is 0 Å². The van der Waals surface area contributed by atoms with E-state index in [1.165, 1.54) is 24.3 Å². The number of hydrogen-bond acceptors (Lipinski definition) is 6. The molecule has 8 nitrogen and oxygen atoms in total. The highest BCUT2D eigenvalue weighted by atomic mass is 16.6. The average Bonchev–Trinajstić information content (AvgIpc) is 3.13. The van der Waals surface area contributed by atoms with Crippen LogP contribution in [0.4, 0.5) is 11.4 Å². The summed E-state index contributed by atoms with van der Waals surface area (Å²) >= 11 is 0. The number of nitro benzene ring substituents is 1. The van der Waals surface area contributed by atoms with Crippen molar-refractivity contribution >= 4 is 23.2 Å². The van der Waals surface area contributed by atoms with E-state index in [4.69, 9.17) is 4.74 Å². The molecule has 1 N–H and O–H groups in total. The van der Waals surface area contributed by atoms with Crippen LogP contribution in [-0.2, 0) is 14.3 Å². The minimum absolute atomic E-state index is 0.0528. The molecule has 2 amide bonds. The smallest absolute Gasteiger partial charge is 0.293 e. The van der Waals surface area contributed by atoms with Crippen molar-refractivity contribution in [1.82, 2.24) is 0 Å². The van der Waals surface area contributed by atoms with Crippen molar-refractivity contribution in [2.45, 2.75) is 18.1 Å². The number of carbonyl (C=O) groups is 2. The fraction of sp³-hybridized carbons (Fsp3) is 0.375. The Balaban J connectivity index is 1.85. The number of imide groups is 1. The largest absolute Gasteiger partial charge is 0.393 e.